The highest BCUT2D eigenvalue weighted by Gasteiger charge is 2.23. The van der Waals surface area contributed by atoms with E-state index in [0.29, 0.717) is 11.6 Å². The molecule has 5 heteroatoms. The third-order valence-electron chi connectivity index (χ3n) is 4.67. The molecule has 0 aliphatic heterocycles. The largest absolute Gasteiger partial charge is 0.311 e. The smallest absolute Gasteiger partial charge is 0.253 e. The van der Waals surface area contributed by atoms with E-state index in [1.807, 2.05) is 12.4 Å². The van der Waals surface area contributed by atoms with Gasteiger partial charge in [0.2, 0.25) is 0 Å². The topological polar surface area (TPSA) is 63.6 Å². The number of nitrogens with one attached hydrogen (secondary N) is 1. The second-order valence-corrected chi connectivity index (χ2v) is 6.57. The minimum absolute atomic E-state index is 0.168. The monoisotopic (exact) mass is 320 g/mol. The van der Waals surface area contributed by atoms with Crippen molar-refractivity contribution in [1.29, 1.82) is 0 Å². The number of benzene rings is 1. The first-order chi connectivity index (χ1) is 11.6. The van der Waals surface area contributed by atoms with E-state index in [4.69, 9.17) is 0 Å². The molecule has 1 unspecified atom stereocenters. The molecule has 1 atom stereocenters. The molecule has 0 bridgehead atoms. The Morgan fingerprint density at radius 2 is 1.96 bits per heavy atom. The van der Waals surface area contributed by atoms with E-state index in [2.05, 4.69) is 46.3 Å². The predicted molar refractivity (Wildman–Crippen MR) is 92.7 cm³/mol. The Morgan fingerprint density at radius 3 is 2.62 bits per heavy atom. The van der Waals surface area contributed by atoms with Crippen molar-refractivity contribution in [1.82, 2.24) is 19.7 Å². The van der Waals surface area contributed by atoms with Crippen LogP contribution in [0, 0.1) is 6.92 Å². The van der Waals surface area contributed by atoms with Gasteiger partial charge in [-0.3, -0.25) is 4.79 Å². The van der Waals surface area contributed by atoms with E-state index in [9.17, 15) is 4.79 Å². The number of rotatable bonds is 4. The fourth-order valence-corrected chi connectivity index (χ4v) is 3.03. The maximum absolute atomic E-state index is 11.6. The summed E-state index contributed by atoms with van der Waals surface area (Å²) < 4.78 is 1.66. The molecule has 5 nitrogen and oxygen atoms in total. The van der Waals surface area contributed by atoms with Crippen molar-refractivity contribution >= 4 is 0 Å². The second kappa shape index (κ2) is 5.74. The Morgan fingerprint density at radius 1 is 1.21 bits per heavy atom. The van der Waals surface area contributed by atoms with Crippen molar-refractivity contribution in [2.24, 2.45) is 0 Å². The lowest BCUT2D eigenvalue weighted by Gasteiger charge is -2.10. The van der Waals surface area contributed by atoms with Crippen molar-refractivity contribution in [2.75, 3.05) is 0 Å². The van der Waals surface area contributed by atoms with Crippen LogP contribution in [-0.2, 0) is 0 Å². The van der Waals surface area contributed by atoms with Crippen LogP contribution in [-0.4, -0.2) is 19.7 Å². The van der Waals surface area contributed by atoms with Gasteiger partial charge in [-0.15, -0.1) is 0 Å². The SMILES string of the molecule is Cc1nc(-n2cc(C(C)c3ccc(C4CC4)cc3)cn2)cc(=O)[nH]1. The zero-order chi connectivity index (χ0) is 16.7. The van der Waals surface area contributed by atoms with Crippen LogP contribution >= 0.6 is 0 Å². The summed E-state index contributed by atoms with van der Waals surface area (Å²) >= 11 is 0. The number of aryl methyl sites for hydroxylation is 1. The van der Waals surface area contributed by atoms with Crippen molar-refractivity contribution < 1.29 is 0 Å². The number of H-pyrrole nitrogens is 1. The van der Waals surface area contributed by atoms with Crippen molar-refractivity contribution in [2.45, 2.75) is 38.5 Å². The van der Waals surface area contributed by atoms with Crippen LogP contribution in [0.15, 0.2) is 47.5 Å². The third-order valence-corrected chi connectivity index (χ3v) is 4.67. The summed E-state index contributed by atoms with van der Waals surface area (Å²) in [5.41, 5.74) is 3.66. The molecule has 1 saturated carbocycles. The van der Waals surface area contributed by atoms with E-state index in [-0.39, 0.29) is 11.5 Å². The van der Waals surface area contributed by atoms with Crippen LogP contribution in [0.25, 0.3) is 5.82 Å². The normalized spacial score (nSPS) is 15.4. The zero-order valence-electron chi connectivity index (χ0n) is 13.9. The number of aromatic nitrogens is 4. The molecule has 1 aromatic carbocycles. The molecule has 1 N–H and O–H groups in total. The lowest BCUT2D eigenvalue weighted by atomic mass is 9.94. The molecule has 0 radical (unpaired) electrons. The third kappa shape index (κ3) is 2.89. The lowest BCUT2D eigenvalue weighted by molar-refractivity contribution is 0.820. The maximum Gasteiger partial charge on any atom is 0.253 e. The van der Waals surface area contributed by atoms with Crippen LogP contribution in [0.1, 0.15) is 54.1 Å². The van der Waals surface area contributed by atoms with Gasteiger partial charge in [-0.05, 0) is 42.4 Å². The molecule has 2 aromatic heterocycles. The summed E-state index contributed by atoms with van der Waals surface area (Å²) in [7, 11) is 0. The molecule has 0 spiro atoms. The van der Waals surface area contributed by atoms with Gasteiger partial charge in [-0.25, -0.2) is 9.67 Å². The zero-order valence-corrected chi connectivity index (χ0v) is 13.9. The molecule has 3 aromatic rings. The number of nitrogens with zero attached hydrogens (tertiary/aromatic N) is 3. The number of hydrogen-bond donors (Lipinski definition) is 1. The molecule has 24 heavy (non-hydrogen) atoms. The van der Waals surface area contributed by atoms with Crippen LogP contribution in [0.2, 0.25) is 0 Å². The summed E-state index contributed by atoms with van der Waals surface area (Å²) in [6.07, 6.45) is 6.44. The van der Waals surface area contributed by atoms with Gasteiger partial charge in [0.05, 0.1) is 6.20 Å². The average molecular weight is 320 g/mol. The molecule has 4 rings (SSSR count). The summed E-state index contributed by atoms with van der Waals surface area (Å²) in [5.74, 6) is 2.15. The first kappa shape index (κ1) is 14.9. The first-order valence-corrected chi connectivity index (χ1v) is 8.33. The van der Waals surface area contributed by atoms with Gasteiger partial charge in [0, 0.05) is 18.2 Å². The quantitative estimate of drug-likeness (QED) is 0.802. The average Bonchev–Trinajstić information content (AvgIpc) is 3.30. The fraction of sp³-hybridized carbons (Fsp3) is 0.316. The van der Waals surface area contributed by atoms with Crippen molar-refractivity contribution in [3.05, 3.63) is 75.6 Å². The highest BCUT2D eigenvalue weighted by molar-refractivity contribution is 5.35. The van der Waals surface area contributed by atoms with E-state index in [1.165, 1.54) is 30.0 Å². The molecule has 0 saturated heterocycles. The van der Waals surface area contributed by atoms with E-state index >= 15 is 0 Å². The molecule has 1 aliphatic rings. The van der Waals surface area contributed by atoms with E-state index in [0.717, 1.165) is 11.5 Å². The van der Waals surface area contributed by atoms with Crippen LogP contribution in [0.5, 0.6) is 0 Å². The van der Waals surface area contributed by atoms with Gasteiger partial charge in [-0.2, -0.15) is 5.10 Å². The summed E-state index contributed by atoms with van der Waals surface area (Å²) in [6.45, 7) is 3.93. The molecule has 122 valence electrons. The molecule has 1 aliphatic carbocycles. The van der Waals surface area contributed by atoms with Gasteiger partial charge in [-0.1, -0.05) is 31.2 Å². The second-order valence-electron chi connectivity index (χ2n) is 6.57. The van der Waals surface area contributed by atoms with Gasteiger partial charge < -0.3 is 4.98 Å². The fourth-order valence-electron chi connectivity index (χ4n) is 3.03. The minimum atomic E-state index is -0.168. The highest BCUT2D eigenvalue weighted by Crippen LogP contribution is 2.40. The van der Waals surface area contributed by atoms with Crippen molar-refractivity contribution in [3.63, 3.8) is 0 Å². The Bertz CT molecular complexity index is 919. The van der Waals surface area contributed by atoms with Crippen LogP contribution in [0.4, 0.5) is 0 Å². The molecule has 1 fully saturated rings. The summed E-state index contributed by atoms with van der Waals surface area (Å²) in [6, 6.07) is 10.4. The molecule has 2 heterocycles. The summed E-state index contributed by atoms with van der Waals surface area (Å²) in [4.78, 5) is 18.6. The maximum atomic E-state index is 11.6. The van der Waals surface area contributed by atoms with Gasteiger partial charge in [0.25, 0.3) is 5.56 Å². The van der Waals surface area contributed by atoms with E-state index < -0.39 is 0 Å². The Labute approximate surface area is 140 Å². The van der Waals surface area contributed by atoms with Gasteiger partial charge in [0.1, 0.15) is 5.82 Å². The summed E-state index contributed by atoms with van der Waals surface area (Å²) in [5, 5.41) is 4.37. The minimum Gasteiger partial charge on any atom is -0.311 e. The standard InChI is InChI=1S/C19H20N4O/c1-12(14-3-5-15(6-4-14)16-7-8-16)17-10-20-23(11-17)18-9-19(24)22-13(2)21-18/h3-6,9-12,16H,7-8H2,1-2H3,(H,21,22,24). The van der Waals surface area contributed by atoms with E-state index in [1.54, 1.807) is 11.6 Å². The number of aromatic amines is 1. The Balaban J connectivity index is 1.60. The van der Waals surface area contributed by atoms with Crippen LogP contribution in [0.3, 0.4) is 0 Å². The molecule has 0 amide bonds. The van der Waals surface area contributed by atoms with Gasteiger partial charge >= 0.3 is 0 Å². The highest BCUT2D eigenvalue weighted by atomic mass is 16.1. The molecular formula is C19H20N4O. The Hall–Kier alpha value is -2.69. The van der Waals surface area contributed by atoms with Gasteiger partial charge in [0.15, 0.2) is 5.82 Å². The predicted octanol–water partition coefficient (Wildman–Crippen LogP) is 3.29. The van der Waals surface area contributed by atoms with Crippen molar-refractivity contribution in [3.8, 4) is 5.82 Å². The Kier molecular flexibility index (Phi) is 3.56. The van der Waals surface area contributed by atoms with Crippen LogP contribution < -0.4 is 5.56 Å². The lowest BCUT2D eigenvalue weighted by Crippen LogP contribution is -2.12. The molecular weight excluding hydrogens is 300 g/mol. The first-order valence-electron chi connectivity index (χ1n) is 8.33. The number of hydrogen-bond acceptors (Lipinski definition) is 3.